The first-order valence-corrected chi connectivity index (χ1v) is 16.4. The maximum atomic E-state index is 14.8. The second-order valence-electron chi connectivity index (χ2n) is 10.5. The molecule has 1 aliphatic rings. The number of para-hydroxylation sites is 1. The Kier molecular flexibility index (Phi) is 10.9. The van der Waals surface area contributed by atoms with Crippen LogP contribution in [0.2, 0.25) is 10.0 Å². The highest BCUT2D eigenvalue weighted by Gasteiger charge is 2.34. The number of hydrogen-bond donors (Lipinski definition) is 1. The Bertz CT molecular complexity index is 1500. The molecule has 1 atom stereocenters. The van der Waals surface area contributed by atoms with Crippen molar-refractivity contribution in [1.82, 2.24) is 10.2 Å². The first-order chi connectivity index (χ1) is 20.0. The third-order valence-corrected chi connectivity index (χ3v) is 9.23. The van der Waals surface area contributed by atoms with Crippen LogP contribution in [0.5, 0.6) is 0 Å². The fraction of sp³-hybridized carbons (Fsp3) is 0.355. The van der Waals surface area contributed by atoms with Crippen molar-refractivity contribution in [1.29, 1.82) is 0 Å². The normalized spacial score (nSPS) is 14.7. The summed E-state index contributed by atoms with van der Waals surface area (Å²) in [6.07, 6.45) is 5.91. The number of carbonyl (C=O) groups excluding carboxylic acids is 2. The average molecular weight is 635 g/mol. The zero-order valence-electron chi connectivity index (χ0n) is 23.3. The van der Waals surface area contributed by atoms with Gasteiger partial charge < -0.3 is 10.2 Å². The molecule has 4 rings (SSSR count). The summed E-state index contributed by atoms with van der Waals surface area (Å²) in [4.78, 5) is 29.4. The Morgan fingerprint density at radius 1 is 0.929 bits per heavy atom. The first kappa shape index (κ1) is 31.8. The fourth-order valence-corrected chi connectivity index (χ4v) is 6.35. The van der Waals surface area contributed by atoms with E-state index in [1.807, 2.05) is 30.3 Å². The van der Waals surface area contributed by atoms with E-state index in [0.717, 1.165) is 54.3 Å². The Labute approximate surface area is 256 Å². The molecular weight excluding hydrogens is 600 g/mol. The minimum absolute atomic E-state index is 0.0163. The lowest BCUT2D eigenvalue weighted by Crippen LogP contribution is -2.55. The van der Waals surface area contributed by atoms with Gasteiger partial charge in [0.2, 0.25) is 21.8 Å². The molecule has 0 bridgehead atoms. The van der Waals surface area contributed by atoms with E-state index in [-0.39, 0.29) is 35.6 Å². The standard InChI is InChI=1S/C31H34Cl2FN3O4S/c1-42(40,41)37(28-15-9-8-14-27(28)34)21-30(38)36(20-23-16-17-25(32)26(33)18-23)29(19-22-10-4-2-5-11-22)31(39)35-24-12-6-3-7-13-24/h2,4-5,8-11,14-18,24,29H,3,6-7,12-13,19-21H2,1H3,(H,35,39)/t29-/m1/s1. The average Bonchev–Trinajstić information content (AvgIpc) is 2.96. The van der Waals surface area contributed by atoms with Crippen LogP contribution in [0.3, 0.4) is 0 Å². The molecule has 1 aliphatic carbocycles. The van der Waals surface area contributed by atoms with Crippen molar-refractivity contribution in [2.24, 2.45) is 0 Å². The number of sulfonamides is 1. The van der Waals surface area contributed by atoms with E-state index >= 15 is 0 Å². The molecule has 0 unspecified atom stereocenters. The van der Waals surface area contributed by atoms with Gasteiger partial charge in [-0.15, -0.1) is 0 Å². The predicted octanol–water partition coefficient (Wildman–Crippen LogP) is 5.99. The second kappa shape index (κ2) is 14.4. The van der Waals surface area contributed by atoms with Gasteiger partial charge in [0.1, 0.15) is 18.4 Å². The van der Waals surface area contributed by atoms with Gasteiger partial charge in [-0.1, -0.05) is 91.0 Å². The number of nitrogens with one attached hydrogen (secondary N) is 1. The number of rotatable bonds is 11. The summed E-state index contributed by atoms with van der Waals surface area (Å²) in [6.45, 7) is -0.761. The lowest BCUT2D eigenvalue weighted by molar-refractivity contribution is -0.140. The molecule has 0 heterocycles. The van der Waals surface area contributed by atoms with E-state index in [2.05, 4.69) is 5.32 Å². The summed E-state index contributed by atoms with van der Waals surface area (Å²) >= 11 is 12.4. The second-order valence-corrected chi connectivity index (χ2v) is 13.3. The third kappa shape index (κ3) is 8.46. The minimum Gasteiger partial charge on any atom is -0.352 e. The van der Waals surface area contributed by atoms with Crippen LogP contribution in [-0.2, 0) is 32.6 Å². The molecule has 0 spiro atoms. The van der Waals surface area contributed by atoms with Crippen molar-refractivity contribution in [2.75, 3.05) is 17.1 Å². The van der Waals surface area contributed by atoms with Gasteiger partial charge in [0.15, 0.2) is 0 Å². The summed E-state index contributed by atoms with van der Waals surface area (Å²) in [5, 5.41) is 3.74. The van der Waals surface area contributed by atoms with Crippen LogP contribution in [0, 0.1) is 5.82 Å². The Morgan fingerprint density at radius 3 is 2.24 bits per heavy atom. The number of hydrogen-bond acceptors (Lipinski definition) is 4. The fourth-order valence-electron chi connectivity index (χ4n) is 5.18. The predicted molar refractivity (Wildman–Crippen MR) is 165 cm³/mol. The lowest BCUT2D eigenvalue weighted by Gasteiger charge is -2.35. The van der Waals surface area contributed by atoms with E-state index in [1.165, 1.54) is 23.1 Å². The Balaban J connectivity index is 1.74. The van der Waals surface area contributed by atoms with Crippen LogP contribution in [0.4, 0.5) is 10.1 Å². The van der Waals surface area contributed by atoms with Crippen LogP contribution in [0.25, 0.3) is 0 Å². The maximum Gasteiger partial charge on any atom is 0.244 e. The molecule has 42 heavy (non-hydrogen) atoms. The number of nitrogens with zero attached hydrogens (tertiary/aromatic N) is 2. The molecule has 0 aromatic heterocycles. The van der Waals surface area contributed by atoms with Crippen LogP contribution in [-0.4, -0.2) is 50.0 Å². The van der Waals surface area contributed by atoms with E-state index < -0.39 is 34.3 Å². The molecule has 3 aromatic carbocycles. The van der Waals surface area contributed by atoms with E-state index in [9.17, 15) is 22.4 Å². The van der Waals surface area contributed by atoms with Crippen LogP contribution >= 0.6 is 23.2 Å². The zero-order valence-corrected chi connectivity index (χ0v) is 25.6. The van der Waals surface area contributed by atoms with Crippen LogP contribution in [0.15, 0.2) is 72.8 Å². The number of amides is 2. The van der Waals surface area contributed by atoms with E-state index in [0.29, 0.717) is 10.6 Å². The molecular formula is C31H34Cl2FN3O4S. The molecule has 7 nitrogen and oxygen atoms in total. The highest BCUT2D eigenvalue weighted by atomic mass is 35.5. The van der Waals surface area contributed by atoms with Gasteiger partial charge in [0.25, 0.3) is 0 Å². The van der Waals surface area contributed by atoms with Crippen molar-refractivity contribution in [2.45, 2.75) is 57.2 Å². The molecule has 11 heteroatoms. The first-order valence-electron chi connectivity index (χ1n) is 13.8. The van der Waals surface area contributed by atoms with Crippen molar-refractivity contribution < 1.29 is 22.4 Å². The van der Waals surface area contributed by atoms with Gasteiger partial charge in [-0.2, -0.15) is 0 Å². The van der Waals surface area contributed by atoms with Crippen molar-refractivity contribution >= 4 is 50.7 Å². The van der Waals surface area contributed by atoms with Gasteiger partial charge >= 0.3 is 0 Å². The van der Waals surface area contributed by atoms with Gasteiger partial charge in [-0.3, -0.25) is 13.9 Å². The number of halogens is 3. The van der Waals surface area contributed by atoms with Crippen molar-refractivity contribution in [3.8, 4) is 0 Å². The quantitative estimate of drug-likeness (QED) is 0.281. The van der Waals surface area contributed by atoms with E-state index in [4.69, 9.17) is 23.2 Å². The molecule has 3 aromatic rings. The van der Waals surface area contributed by atoms with Crippen LogP contribution < -0.4 is 9.62 Å². The van der Waals surface area contributed by atoms with Crippen molar-refractivity contribution in [3.05, 3.63) is 99.8 Å². The SMILES string of the molecule is CS(=O)(=O)N(CC(=O)N(Cc1ccc(Cl)c(Cl)c1)[C@H](Cc1ccccc1)C(=O)NC1CCCCC1)c1ccccc1F. The molecule has 0 aliphatic heterocycles. The maximum absolute atomic E-state index is 14.8. The number of benzene rings is 3. The topological polar surface area (TPSA) is 86.8 Å². The molecule has 224 valence electrons. The zero-order chi connectivity index (χ0) is 30.3. The number of anilines is 1. The van der Waals surface area contributed by atoms with Crippen LogP contribution in [0.1, 0.15) is 43.2 Å². The number of carbonyl (C=O) groups is 2. The molecule has 2 amide bonds. The molecule has 1 fully saturated rings. The minimum atomic E-state index is -4.08. The summed E-state index contributed by atoms with van der Waals surface area (Å²) in [5.41, 5.74) is 1.16. The Hall–Kier alpha value is -3.14. The third-order valence-electron chi connectivity index (χ3n) is 7.36. The molecule has 1 saturated carbocycles. The summed E-state index contributed by atoms with van der Waals surface area (Å²) in [6, 6.07) is 18.5. The van der Waals surface area contributed by atoms with Gasteiger partial charge in [0, 0.05) is 19.0 Å². The largest absolute Gasteiger partial charge is 0.352 e. The van der Waals surface area contributed by atoms with E-state index in [1.54, 1.807) is 18.2 Å². The highest BCUT2D eigenvalue weighted by molar-refractivity contribution is 7.92. The van der Waals surface area contributed by atoms with Gasteiger partial charge in [-0.05, 0) is 48.2 Å². The lowest BCUT2D eigenvalue weighted by atomic mass is 9.94. The smallest absolute Gasteiger partial charge is 0.244 e. The Morgan fingerprint density at radius 2 is 1.60 bits per heavy atom. The molecule has 0 radical (unpaired) electrons. The van der Waals surface area contributed by atoms with Gasteiger partial charge in [-0.25, -0.2) is 12.8 Å². The molecule has 1 N–H and O–H groups in total. The van der Waals surface area contributed by atoms with Crippen molar-refractivity contribution in [3.63, 3.8) is 0 Å². The monoisotopic (exact) mass is 633 g/mol. The molecule has 0 saturated heterocycles. The summed E-state index contributed by atoms with van der Waals surface area (Å²) in [5.74, 6) is -1.80. The summed E-state index contributed by atoms with van der Waals surface area (Å²) < 4.78 is 41.1. The summed E-state index contributed by atoms with van der Waals surface area (Å²) in [7, 11) is -4.08. The highest BCUT2D eigenvalue weighted by Crippen LogP contribution is 2.26. The van der Waals surface area contributed by atoms with Gasteiger partial charge in [0.05, 0.1) is 22.0 Å².